The summed E-state index contributed by atoms with van der Waals surface area (Å²) in [7, 11) is 0. The van der Waals surface area contributed by atoms with E-state index >= 15 is 0 Å². The minimum atomic E-state index is -0.646. The number of nitrogens with two attached hydrogens (primary N) is 1. The number of rotatable bonds is 2. The van der Waals surface area contributed by atoms with E-state index in [-0.39, 0.29) is 22.2 Å². The summed E-state index contributed by atoms with van der Waals surface area (Å²) in [6, 6.07) is 0. The van der Waals surface area contributed by atoms with Crippen LogP contribution in [-0.4, -0.2) is 24.7 Å². The van der Waals surface area contributed by atoms with Gasteiger partial charge in [0, 0.05) is 6.42 Å². The molecule has 0 aliphatic rings. The van der Waals surface area contributed by atoms with E-state index in [1.54, 1.807) is 0 Å². The van der Waals surface area contributed by atoms with E-state index in [9.17, 15) is 10.1 Å². The van der Waals surface area contributed by atoms with Crippen molar-refractivity contribution in [3.8, 4) is 0 Å². The molecule has 0 radical (unpaired) electrons. The van der Waals surface area contributed by atoms with Crippen LogP contribution in [0.3, 0.4) is 0 Å². The first-order chi connectivity index (χ1) is 7.56. The average Bonchev–Trinajstić information content (AvgIpc) is 2.61. The molecule has 2 N–H and O–H groups in total. The smallest absolute Gasteiger partial charge is 0.341 e. The minimum Gasteiger partial charge on any atom is -0.390 e. The van der Waals surface area contributed by atoms with Crippen LogP contribution in [0.2, 0.25) is 5.15 Å². The van der Waals surface area contributed by atoms with Crippen molar-refractivity contribution in [2.45, 2.75) is 13.3 Å². The number of halogens is 1. The van der Waals surface area contributed by atoms with Crippen molar-refractivity contribution in [1.82, 2.24) is 19.8 Å². The fourth-order valence-electron chi connectivity index (χ4n) is 1.33. The maximum Gasteiger partial charge on any atom is 0.341 e. The summed E-state index contributed by atoms with van der Waals surface area (Å²) in [5, 5.41) is 22.0. The molecule has 0 aliphatic carbocycles. The second-order valence-corrected chi connectivity index (χ2v) is 3.37. The molecule has 2 aromatic heterocycles. The Bertz CT molecular complexity index is 580. The Hall–Kier alpha value is -1.96. The second kappa shape index (κ2) is 3.56. The number of aryl methyl sites for hydroxylation is 1. The fraction of sp³-hybridized carbons (Fsp3) is 0.286. The summed E-state index contributed by atoms with van der Waals surface area (Å²) in [4.78, 5) is 10.2. The van der Waals surface area contributed by atoms with Crippen molar-refractivity contribution in [3.05, 3.63) is 21.1 Å². The van der Waals surface area contributed by atoms with E-state index in [2.05, 4.69) is 15.3 Å². The highest BCUT2D eigenvalue weighted by atomic mass is 35.5. The maximum atomic E-state index is 10.8. The second-order valence-electron chi connectivity index (χ2n) is 3.02. The predicted molar refractivity (Wildman–Crippen MR) is 56.2 cm³/mol. The normalized spacial score (nSPS) is 10.9. The van der Waals surface area contributed by atoms with Gasteiger partial charge in [0.25, 0.3) is 5.65 Å². The van der Waals surface area contributed by atoms with Crippen LogP contribution in [0.4, 0.5) is 11.4 Å². The summed E-state index contributed by atoms with van der Waals surface area (Å²) in [6.07, 6.45) is 0.533. The molecule has 0 fully saturated rings. The van der Waals surface area contributed by atoms with Crippen LogP contribution in [0.25, 0.3) is 5.65 Å². The first-order valence-electron chi connectivity index (χ1n) is 4.40. The van der Waals surface area contributed by atoms with Crippen LogP contribution in [0.5, 0.6) is 0 Å². The van der Waals surface area contributed by atoms with Gasteiger partial charge < -0.3 is 5.73 Å². The first-order valence-corrected chi connectivity index (χ1v) is 4.77. The number of fused-ring (bicyclic) bond motifs is 1. The third-order valence-electron chi connectivity index (χ3n) is 2.08. The molecule has 0 spiro atoms. The standard InChI is InChI=1S/C7H7ClN6O2/c1-2-3-10-11-7-5(14(15)16)4(9)6(8)12-13(3)7/h2,9H2,1H3. The van der Waals surface area contributed by atoms with Crippen LogP contribution >= 0.6 is 11.6 Å². The van der Waals surface area contributed by atoms with E-state index in [1.807, 2.05) is 6.92 Å². The van der Waals surface area contributed by atoms with E-state index in [1.165, 1.54) is 4.52 Å². The number of hydrogen-bond acceptors (Lipinski definition) is 6. The Kier molecular flexibility index (Phi) is 2.35. The molecule has 0 aromatic carbocycles. The molecule has 84 valence electrons. The summed E-state index contributed by atoms with van der Waals surface area (Å²) < 4.78 is 1.23. The highest BCUT2D eigenvalue weighted by Crippen LogP contribution is 2.30. The van der Waals surface area contributed by atoms with Crippen LogP contribution in [0, 0.1) is 10.1 Å². The van der Waals surface area contributed by atoms with Gasteiger partial charge >= 0.3 is 5.69 Å². The lowest BCUT2D eigenvalue weighted by Crippen LogP contribution is -2.05. The lowest BCUT2D eigenvalue weighted by atomic mass is 10.4. The minimum absolute atomic E-state index is 0.00347. The van der Waals surface area contributed by atoms with Gasteiger partial charge in [-0.05, 0) is 0 Å². The molecule has 0 atom stereocenters. The molecule has 0 unspecified atom stereocenters. The third-order valence-corrected chi connectivity index (χ3v) is 2.36. The molecule has 9 heteroatoms. The van der Waals surface area contributed by atoms with Gasteiger partial charge in [-0.25, -0.2) is 0 Å². The Morgan fingerprint density at radius 1 is 1.56 bits per heavy atom. The van der Waals surface area contributed by atoms with Gasteiger partial charge in [-0.2, -0.15) is 9.61 Å². The summed E-state index contributed by atoms with van der Waals surface area (Å²) in [5.41, 5.74) is 4.92. The van der Waals surface area contributed by atoms with E-state index < -0.39 is 4.92 Å². The van der Waals surface area contributed by atoms with Crippen molar-refractivity contribution in [3.63, 3.8) is 0 Å². The number of nitrogen functional groups attached to an aromatic ring is 1. The molecule has 2 heterocycles. The Morgan fingerprint density at radius 2 is 2.25 bits per heavy atom. The van der Waals surface area contributed by atoms with Crippen LogP contribution in [-0.2, 0) is 6.42 Å². The Balaban J connectivity index is 2.90. The summed E-state index contributed by atoms with van der Waals surface area (Å²) >= 11 is 5.71. The molecule has 16 heavy (non-hydrogen) atoms. The molecule has 0 saturated carbocycles. The van der Waals surface area contributed by atoms with Gasteiger partial charge in [-0.3, -0.25) is 10.1 Å². The quantitative estimate of drug-likeness (QED) is 0.616. The first kappa shape index (κ1) is 10.6. The highest BCUT2D eigenvalue weighted by molar-refractivity contribution is 6.32. The Labute approximate surface area is 94.2 Å². The molecule has 2 rings (SSSR count). The number of aromatic nitrogens is 4. The topological polar surface area (TPSA) is 112 Å². The highest BCUT2D eigenvalue weighted by Gasteiger charge is 2.25. The van der Waals surface area contributed by atoms with Crippen LogP contribution < -0.4 is 5.73 Å². The third kappa shape index (κ3) is 1.34. The maximum absolute atomic E-state index is 10.8. The fourth-order valence-corrected chi connectivity index (χ4v) is 1.49. The van der Waals surface area contributed by atoms with Crippen LogP contribution in [0.15, 0.2) is 0 Å². The number of nitro groups is 1. The Morgan fingerprint density at radius 3 is 2.81 bits per heavy atom. The van der Waals surface area contributed by atoms with Gasteiger partial charge in [0.05, 0.1) is 4.92 Å². The van der Waals surface area contributed by atoms with Crippen molar-refractivity contribution < 1.29 is 4.92 Å². The monoisotopic (exact) mass is 242 g/mol. The molecular weight excluding hydrogens is 236 g/mol. The van der Waals surface area contributed by atoms with Gasteiger partial charge in [-0.1, -0.05) is 18.5 Å². The number of hydrogen-bond donors (Lipinski definition) is 1. The molecule has 0 bridgehead atoms. The van der Waals surface area contributed by atoms with E-state index in [0.29, 0.717) is 12.2 Å². The predicted octanol–water partition coefficient (Wildman–Crippen LogP) is 0.830. The van der Waals surface area contributed by atoms with Gasteiger partial charge in [-0.15, -0.1) is 10.2 Å². The van der Waals surface area contributed by atoms with Gasteiger partial charge in [0.2, 0.25) is 0 Å². The average molecular weight is 243 g/mol. The van der Waals surface area contributed by atoms with Crippen LogP contribution in [0.1, 0.15) is 12.7 Å². The lowest BCUT2D eigenvalue weighted by molar-refractivity contribution is -0.382. The number of anilines is 1. The SMILES string of the molecule is CCc1nnc2c([N+](=O)[O-])c(N)c(Cl)nn12. The molecule has 0 amide bonds. The molecular formula is C7H7ClN6O2. The zero-order valence-corrected chi connectivity index (χ0v) is 8.97. The molecule has 2 aromatic rings. The van der Waals surface area contributed by atoms with Gasteiger partial charge in [0.15, 0.2) is 16.7 Å². The van der Waals surface area contributed by atoms with Gasteiger partial charge in [0.1, 0.15) is 0 Å². The van der Waals surface area contributed by atoms with E-state index in [4.69, 9.17) is 17.3 Å². The van der Waals surface area contributed by atoms with Crippen molar-refractivity contribution in [1.29, 1.82) is 0 Å². The molecule has 8 nitrogen and oxygen atoms in total. The van der Waals surface area contributed by atoms with Crippen molar-refractivity contribution in [2.75, 3.05) is 5.73 Å². The zero-order valence-electron chi connectivity index (χ0n) is 8.21. The molecule has 0 aliphatic heterocycles. The largest absolute Gasteiger partial charge is 0.390 e. The zero-order chi connectivity index (χ0) is 11.9. The summed E-state index contributed by atoms with van der Waals surface area (Å²) in [5.74, 6) is 0.486. The summed E-state index contributed by atoms with van der Waals surface area (Å²) in [6.45, 7) is 1.83. The molecule has 0 saturated heterocycles. The van der Waals surface area contributed by atoms with Crippen molar-refractivity contribution >= 4 is 28.6 Å². The van der Waals surface area contributed by atoms with Crippen molar-refractivity contribution in [2.24, 2.45) is 0 Å². The number of nitrogens with zero attached hydrogens (tertiary/aromatic N) is 5. The van der Waals surface area contributed by atoms with E-state index in [0.717, 1.165) is 0 Å². The lowest BCUT2D eigenvalue weighted by Gasteiger charge is -2.01.